The van der Waals surface area contributed by atoms with E-state index in [9.17, 15) is 4.79 Å². The molecule has 0 saturated carbocycles. The van der Waals surface area contributed by atoms with Gasteiger partial charge in [-0.05, 0) is 36.6 Å². The number of aromatic nitrogens is 4. The molecular weight excluding hydrogens is 314 g/mol. The largest absolute Gasteiger partial charge is 0.337 e. The van der Waals surface area contributed by atoms with Gasteiger partial charge in [-0.15, -0.1) is 0 Å². The lowest BCUT2D eigenvalue weighted by Gasteiger charge is -2.33. The van der Waals surface area contributed by atoms with E-state index in [4.69, 9.17) is 0 Å². The Kier molecular flexibility index (Phi) is 4.33. The Balaban J connectivity index is 1.43. The molecule has 6 heteroatoms. The van der Waals surface area contributed by atoms with Crippen molar-refractivity contribution in [2.75, 3.05) is 13.1 Å². The van der Waals surface area contributed by atoms with E-state index < -0.39 is 0 Å². The monoisotopic (exact) mass is 335 g/mol. The maximum atomic E-state index is 12.8. The van der Waals surface area contributed by atoms with Gasteiger partial charge in [-0.1, -0.05) is 12.1 Å². The van der Waals surface area contributed by atoms with Crippen LogP contribution in [0.15, 0.2) is 61.4 Å². The van der Waals surface area contributed by atoms with Gasteiger partial charge in [0, 0.05) is 43.4 Å². The first kappa shape index (κ1) is 15.6. The third-order valence-corrected chi connectivity index (χ3v) is 4.73. The van der Waals surface area contributed by atoms with Crippen LogP contribution in [-0.2, 0) is 6.54 Å². The predicted octanol–water partition coefficient (Wildman–Crippen LogP) is 2.61. The van der Waals surface area contributed by atoms with Crippen LogP contribution in [-0.4, -0.2) is 43.2 Å². The zero-order chi connectivity index (χ0) is 17.1. The standard InChI is InChI=1S/C19H21N5O/c25-19(22-10-1-3-18(14-22)23-12-9-20-15-23)17-6-4-16(5-7-17)13-24-11-2-8-21-24/h2,4-9,11-12,15,18H,1,3,10,13-14H2/t18-/m1/s1. The number of carbonyl (C=O) groups excluding carboxylic acids is 1. The minimum Gasteiger partial charge on any atom is -0.337 e. The molecule has 1 aliphatic heterocycles. The van der Waals surface area contributed by atoms with Crippen molar-refractivity contribution >= 4 is 5.91 Å². The quantitative estimate of drug-likeness (QED) is 0.736. The van der Waals surface area contributed by atoms with E-state index in [1.807, 2.05) is 58.6 Å². The number of likely N-dealkylation sites (tertiary alicyclic amines) is 1. The van der Waals surface area contributed by atoms with Crippen molar-refractivity contribution in [1.29, 1.82) is 0 Å². The molecule has 128 valence electrons. The zero-order valence-electron chi connectivity index (χ0n) is 14.0. The molecule has 1 aliphatic rings. The van der Waals surface area contributed by atoms with Crippen molar-refractivity contribution < 1.29 is 4.79 Å². The molecule has 3 aromatic rings. The van der Waals surface area contributed by atoms with E-state index in [1.54, 1.807) is 12.4 Å². The Bertz CT molecular complexity index is 808. The molecule has 0 unspecified atom stereocenters. The van der Waals surface area contributed by atoms with Crippen LogP contribution in [0.2, 0.25) is 0 Å². The summed E-state index contributed by atoms with van der Waals surface area (Å²) in [5.74, 6) is 0.107. The Morgan fingerprint density at radius 1 is 1.16 bits per heavy atom. The molecule has 1 aromatic carbocycles. The molecule has 1 atom stereocenters. The molecule has 1 amide bonds. The minimum absolute atomic E-state index is 0.107. The number of amides is 1. The second kappa shape index (κ2) is 6.93. The van der Waals surface area contributed by atoms with Crippen LogP contribution >= 0.6 is 0 Å². The SMILES string of the molecule is O=C(c1ccc(Cn2cccn2)cc1)N1CCC[C@@H](n2ccnc2)C1. The molecule has 0 radical (unpaired) electrons. The molecule has 0 bridgehead atoms. The number of hydrogen-bond acceptors (Lipinski definition) is 3. The second-order valence-electron chi connectivity index (χ2n) is 6.46. The minimum atomic E-state index is 0.107. The lowest BCUT2D eigenvalue weighted by Crippen LogP contribution is -2.40. The van der Waals surface area contributed by atoms with E-state index in [1.165, 1.54) is 0 Å². The summed E-state index contributed by atoms with van der Waals surface area (Å²) in [5.41, 5.74) is 1.88. The molecule has 6 nitrogen and oxygen atoms in total. The van der Waals surface area contributed by atoms with Gasteiger partial charge < -0.3 is 9.47 Å². The number of piperidine rings is 1. The highest BCUT2D eigenvalue weighted by molar-refractivity contribution is 5.94. The average Bonchev–Trinajstić information content (AvgIpc) is 3.36. The molecule has 1 saturated heterocycles. The normalized spacial score (nSPS) is 17.6. The van der Waals surface area contributed by atoms with Crippen LogP contribution in [0, 0.1) is 0 Å². The van der Waals surface area contributed by atoms with Crippen LogP contribution in [0.5, 0.6) is 0 Å². The number of nitrogens with zero attached hydrogens (tertiary/aromatic N) is 5. The molecule has 3 heterocycles. The van der Waals surface area contributed by atoms with Crippen LogP contribution in [0.3, 0.4) is 0 Å². The lowest BCUT2D eigenvalue weighted by molar-refractivity contribution is 0.0679. The number of imidazole rings is 1. The van der Waals surface area contributed by atoms with Gasteiger partial charge in [0.25, 0.3) is 5.91 Å². The van der Waals surface area contributed by atoms with Gasteiger partial charge in [-0.2, -0.15) is 5.10 Å². The Morgan fingerprint density at radius 3 is 2.76 bits per heavy atom. The van der Waals surface area contributed by atoms with Crippen molar-refractivity contribution in [3.05, 3.63) is 72.6 Å². The van der Waals surface area contributed by atoms with Crippen LogP contribution in [0.1, 0.15) is 34.8 Å². The highest BCUT2D eigenvalue weighted by atomic mass is 16.2. The van der Waals surface area contributed by atoms with Gasteiger partial charge in [0.05, 0.1) is 18.9 Å². The van der Waals surface area contributed by atoms with E-state index >= 15 is 0 Å². The van der Waals surface area contributed by atoms with Crippen LogP contribution in [0.25, 0.3) is 0 Å². The summed E-state index contributed by atoms with van der Waals surface area (Å²) in [6.45, 7) is 2.27. The predicted molar refractivity (Wildman–Crippen MR) is 94.2 cm³/mol. The van der Waals surface area contributed by atoms with E-state index in [2.05, 4.69) is 14.6 Å². The Labute approximate surface area is 146 Å². The fourth-order valence-electron chi connectivity index (χ4n) is 3.38. The third-order valence-electron chi connectivity index (χ3n) is 4.73. The van der Waals surface area contributed by atoms with E-state index in [0.717, 1.165) is 37.1 Å². The van der Waals surface area contributed by atoms with Crippen LogP contribution < -0.4 is 0 Å². The molecule has 25 heavy (non-hydrogen) atoms. The summed E-state index contributed by atoms with van der Waals surface area (Å²) < 4.78 is 3.98. The number of benzene rings is 1. The van der Waals surface area contributed by atoms with Gasteiger partial charge in [0.2, 0.25) is 0 Å². The number of rotatable bonds is 4. The summed E-state index contributed by atoms with van der Waals surface area (Å²) in [5, 5.41) is 4.21. The highest BCUT2D eigenvalue weighted by Gasteiger charge is 2.25. The van der Waals surface area contributed by atoms with Crippen molar-refractivity contribution in [2.24, 2.45) is 0 Å². The Morgan fingerprint density at radius 2 is 2.04 bits per heavy atom. The van der Waals surface area contributed by atoms with Crippen LogP contribution in [0.4, 0.5) is 0 Å². The molecule has 0 N–H and O–H groups in total. The molecular formula is C19H21N5O. The molecule has 2 aromatic heterocycles. The smallest absolute Gasteiger partial charge is 0.253 e. The summed E-state index contributed by atoms with van der Waals surface area (Å²) in [6, 6.07) is 10.1. The van der Waals surface area contributed by atoms with Gasteiger partial charge in [-0.25, -0.2) is 4.98 Å². The number of carbonyl (C=O) groups is 1. The maximum Gasteiger partial charge on any atom is 0.253 e. The van der Waals surface area contributed by atoms with Gasteiger partial charge in [-0.3, -0.25) is 9.48 Å². The number of hydrogen-bond donors (Lipinski definition) is 0. The topological polar surface area (TPSA) is 56.0 Å². The molecule has 1 fully saturated rings. The van der Waals surface area contributed by atoms with Crippen molar-refractivity contribution in [3.8, 4) is 0 Å². The second-order valence-corrected chi connectivity index (χ2v) is 6.46. The first-order valence-electron chi connectivity index (χ1n) is 8.63. The van der Waals surface area contributed by atoms with Gasteiger partial charge in [0.1, 0.15) is 0 Å². The third kappa shape index (κ3) is 3.47. The average molecular weight is 335 g/mol. The van der Waals surface area contributed by atoms with Crippen molar-refractivity contribution in [3.63, 3.8) is 0 Å². The van der Waals surface area contributed by atoms with E-state index in [0.29, 0.717) is 12.6 Å². The lowest BCUT2D eigenvalue weighted by atomic mass is 10.0. The fourth-order valence-corrected chi connectivity index (χ4v) is 3.38. The van der Waals surface area contributed by atoms with Crippen molar-refractivity contribution in [2.45, 2.75) is 25.4 Å². The maximum absolute atomic E-state index is 12.8. The first-order chi connectivity index (χ1) is 12.3. The van der Waals surface area contributed by atoms with Crippen molar-refractivity contribution in [1.82, 2.24) is 24.2 Å². The van der Waals surface area contributed by atoms with Gasteiger partial charge in [0.15, 0.2) is 0 Å². The Hall–Kier alpha value is -2.89. The van der Waals surface area contributed by atoms with Gasteiger partial charge >= 0.3 is 0 Å². The first-order valence-corrected chi connectivity index (χ1v) is 8.63. The summed E-state index contributed by atoms with van der Waals surface area (Å²) in [6.07, 6.45) is 11.4. The highest BCUT2D eigenvalue weighted by Crippen LogP contribution is 2.22. The fraction of sp³-hybridized carbons (Fsp3) is 0.316. The summed E-state index contributed by atoms with van der Waals surface area (Å²) in [7, 11) is 0. The van der Waals surface area contributed by atoms with E-state index in [-0.39, 0.29) is 5.91 Å². The molecule has 4 rings (SSSR count). The summed E-state index contributed by atoms with van der Waals surface area (Å²) >= 11 is 0. The zero-order valence-corrected chi connectivity index (χ0v) is 14.0. The molecule has 0 aliphatic carbocycles. The summed E-state index contributed by atoms with van der Waals surface area (Å²) in [4.78, 5) is 18.9. The molecule has 0 spiro atoms.